The fourth-order valence-electron chi connectivity index (χ4n) is 5.36. The van der Waals surface area contributed by atoms with Crippen LogP contribution >= 0.6 is 0 Å². The van der Waals surface area contributed by atoms with Gasteiger partial charge in [-0.3, -0.25) is 4.57 Å². The van der Waals surface area contributed by atoms with Crippen molar-refractivity contribution in [2.75, 3.05) is 24.5 Å². The van der Waals surface area contributed by atoms with Crippen molar-refractivity contribution in [3.8, 4) is 0 Å². The fraction of sp³-hybridized carbons (Fsp3) is 0.636. The van der Waals surface area contributed by atoms with E-state index in [1.54, 1.807) is 9.47 Å². The summed E-state index contributed by atoms with van der Waals surface area (Å²) in [5.74, 6) is 0. The lowest BCUT2D eigenvalue weighted by Crippen LogP contribution is -2.56. The van der Waals surface area contributed by atoms with Crippen molar-refractivity contribution in [1.82, 2.24) is 14.5 Å². The predicted molar refractivity (Wildman–Crippen MR) is 115 cm³/mol. The molecule has 1 atom stereocenters. The molecule has 2 aromatic rings. The molecule has 0 saturated carbocycles. The first kappa shape index (κ1) is 19.9. The van der Waals surface area contributed by atoms with Crippen molar-refractivity contribution in [2.45, 2.75) is 52.5 Å². The molecule has 7 nitrogen and oxygen atoms in total. The van der Waals surface area contributed by atoms with E-state index < -0.39 is 6.09 Å². The van der Waals surface area contributed by atoms with E-state index in [2.05, 4.69) is 36.7 Å². The Bertz CT molecular complexity index is 976. The summed E-state index contributed by atoms with van der Waals surface area (Å²) < 4.78 is 1.69. The highest BCUT2D eigenvalue weighted by Crippen LogP contribution is 2.48. The molecule has 2 aliphatic heterocycles. The zero-order valence-electron chi connectivity index (χ0n) is 17.9. The Hall–Kier alpha value is -2.44. The van der Waals surface area contributed by atoms with Crippen LogP contribution in [0.25, 0.3) is 11.0 Å². The second kappa shape index (κ2) is 6.82. The number of rotatable bonds is 1. The van der Waals surface area contributed by atoms with Gasteiger partial charge in [0.15, 0.2) is 0 Å². The summed E-state index contributed by atoms with van der Waals surface area (Å²) in [4.78, 5) is 30.8. The quantitative estimate of drug-likeness (QED) is 0.766. The Morgan fingerprint density at radius 2 is 1.83 bits per heavy atom. The Labute approximate surface area is 171 Å². The number of aromatic nitrogens is 2. The van der Waals surface area contributed by atoms with Crippen LogP contribution in [0.15, 0.2) is 23.0 Å². The Morgan fingerprint density at radius 1 is 1.17 bits per heavy atom. The van der Waals surface area contributed by atoms with Gasteiger partial charge in [0.05, 0.1) is 16.7 Å². The first-order valence-electron chi connectivity index (χ1n) is 10.5. The molecular weight excluding hydrogens is 368 g/mol. The van der Waals surface area contributed by atoms with E-state index >= 15 is 0 Å². The minimum Gasteiger partial charge on any atom is -0.465 e. The van der Waals surface area contributed by atoms with Crippen molar-refractivity contribution in [1.29, 1.82) is 0 Å². The number of hydrogen-bond acceptors (Lipinski definition) is 3. The van der Waals surface area contributed by atoms with E-state index in [9.17, 15) is 14.7 Å². The number of para-hydroxylation sites is 1. The van der Waals surface area contributed by atoms with Crippen LogP contribution in [0.3, 0.4) is 0 Å². The molecule has 1 spiro atoms. The van der Waals surface area contributed by atoms with Gasteiger partial charge in [-0.1, -0.05) is 26.8 Å². The van der Waals surface area contributed by atoms with Crippen LogP contribution in [0, 0.1) is 10.8 Å². The molecule has 0 radical (unpaired) electrons. The summed E-state index contributed by atoms with van der Waals surface area (Å²) in [7, 11) is 1.81. The second-order valence-electron chi connectivity index (χ2n) is 9.96. The maximum Gasteiger partial charge on any atom is 0.407 e. The summed E-state index contributed by atoms with van der Waals surface area (Å²) in [6.07, 6.45) is 3.19. The molecule has 1 aromatic heterocycles. The van der Waals surface area contributed by atoms with Crippen molar-refractivity contribution >= 4 is 22.8 Å². The number of benzene rings is 1. The molecule has 0 aliphatic carbocycles. The van der Waals surface area contributed by atoms with Gasteiger partial charge in [0.1, 0.15) is 0 Å². The number of anilines is 1. The van der Waals surface area contributed by atoms with E-state index in [-0.39, 0.29) is 22.6 Å². The number of carboxylic acid groups (broad SMARTS) is 1. The Balaban J connectivity index is 1.55. The van der Waals surface area contributed by atoms with Gasteiger partial charge in [0.25, 0.3) is 0 Å². The second-order valence-corrected chi connectivity index (χ2v) is 9.96. The third-order valence-electron chi connectivity index (χ3n) is 7.19. The van der Waals surface area contributed by atoms with E-state index in [0.717, 1.165) is 55.5 Å². The summed E-state index contributed by atoms with van der Waals surface area (Å²) >= 11 is 0. The smallest absolute Gasteiger partial charge is 0.407 e. The monoisotopic (exact) mass is 400 g/mol. The van der Waals surface area contributed by atoms with Gasteiger partial charge < -0.3 is 19.9 Å². The van der Waals surface area contributed by atoms with E-state index in [4.69, 9.17) is 0 Å². The minimum atomic E-state index is -0.794. The van der Waals surface area contributed by atoms with Gasteiger partial charge in [0, 0.05) is 32.7 Å². The number of fused-ring (bicyclic) bond motifs is 1. The third kappa shape index (κ3) is 3.40. The van der Waals surface area contributed by atoms with Crippen LogP contribution in [0.2, 0.25) is 0 Å². The molecule has 1 aromatic carbocycles. The summed E-state index contributed by atoms with van der Waals surface area (Å²) in [5, 5.41) is 9.66. The fourth-order valence-corrected chi connectivity index (χ4v) is 5.36. The number of amides is 1. The highest BCUT2D eigenvalue weighted by atomic mass is 16.4. The van der Waals surface area contributed by atoms with Crippen LogP contribution in [-0.2, 0) is 7.05 Å². The highest BCUT2D eigenvalue weighted by Gasteiger charge is 2.46. The number of likely N-dealkylation sites (tertiary alicyclic amines) is 1. The number of aryl methyl sites for hydroxylation is 1. The maximum atomic E-state index is 12.1. The molecular formula is C22H32N4O3. The maximum absolute atomic E-state index is 12.1. The van der Waals surface area contributed by atoms with Gasteiger partial charge >= 0.3 is 11.8 Å². The van der Waals surface area contributed by atoms with Crippen LogP contribution in [0.5, 0.6) is 0 Å². The van der Waals surface area contributed by atoms with Gasteiger partial charge in [0.2, 0.25) is 0 Å². The number of nitrogens with one attached hydrogen (secondary N) is 1. The zero-order chi connectivity index (χ0) is 21.0. The molecule has 0 bridgehead atoms. The van der Waals surface area contributed by atoms with Crippen LogP contribution in [0.1, 0.15) is 46.5 Å². The van der Waals surface area contributed by atoms with Gasteiger partial charge in [-0.25, -0.2) is 9.59 Å². The number of H-pyrrole nitrogens is 1. The number of piperidine rings is 2. The highest BCUT2D eigenvalue weighted by molar-refractivity contribution is 5.89. The molecule has 29 heavy (non-hydrogen) atoms. The zero-order valence-corrected chi connectivity index (χ0v) is 17.9. The average molecular weight is 401 g/mol. The Morgan fingerprint density at radius 3 is 2.45 bits per heavy atom. The predicted octanol–water partition coefficient (Wildman–Crippen LogP) is 3.64. The van der Waals surface area contributed by atoms with Crippen molar-refractivity contribution in [2.24, 2.45) is 17.9 Å². The lowest BCUT2D eigenvalue weighted by atomic mass is 9.64. The van der Waals surface area contributed by atoms with Gasteiger partial charge in [-0.2, -0.15) is 0 Å². The summed E-state index contributed by atoms with van der Waals surface area (Å²) in [6.45, 7) is 8.93. The third-order valence-corrected chi connectivity index (χ3v) is 7.19. The van der Waals surface area contributed by atoms with Crippen LogP contribution in [0.4, 0.5) is 10.5 Å². The van der Waals surface area contributed by atoms with Gasteiger partial charge in [-0.05, 0) is 48.6 Å². The lowest BCUT2D eigenvalue weighted by molar-refractivity contribution is -0.00664. The molecule has 4 rings (SSSR count). The summed E-state index contributed by atoms with van der Waals surface area (Å²) in [5.41, 5.74) is 2.99. The Kier molecular flexibility index (Phi) is 4.67. The molecule has 3 heterocycles. The van der Waals surface area contributed by atoms with E-state index in [1.165, 1.54) is 0 Å². The average Bonchev–Trinajstić information content (AvgIpc) is 2.96. The van der Waals surface area contributed by atoms with Crippen LogP contribution < -0.4 is 10.6 Å². The van der Waals surface area contributed by atoms with Crippen LogP contribution in [-0.4, -0.2) is 51.3 Å². The number of nitrogens with zero attached hydrogens (tertiary/aromatic N) is 3. The molecule has 7 heteroatoms. The van der Waals surface area contributed by atoms with E-state index in [1.807, 2.05) is 19.2 Å². The first-order chi connectivity index (χ1) is 13.6. The number of imidazole rings is 1. The number of aromatic amines is 1. The molecule has 158 valence electrons. The SMILES string of the molecule is Cn1c(=O)[nH]c2cccc(N3CCC4(CC3)CCN(C(=O)O)C(C(C)(C)C)C4)c21. The largest absolute Gasteiger partial charge is 0.465 e. The molecule has 1 amide bonds. The normalized spacial score (nSPS) is 22.4. The van der Waals surface area contributed by atoms with Crippen molar-refractivity contribution in [3.05, 3.63) is 28.7 Å². The molecule has 2 saturated heterocycles. The molecule has 2 fully saturated rings. The topological polar surface area (TPSA) is 81.6 Å². The van der Waals surface area contributed by atoms with Crippen molar-refractivity contribution in [3.63, 3.8) is 0 Å². The molecule has 2 N–H and O–H groups in total. The van der Waals surface area contributed by atoms with Crippen molar-refractivity contribution < 1.29 is 9.90 Å². The summed E-state index contributed by atoms with van der Waals surface area (Å²) in [6, 6.07) is 6.09. The number of carbonyl (C=O) groups is 1. The molecule has 2 aliphatic rings. The number of hydrogen-bond donors (Lipinski definition) is 2. The first-order valence-corrected chi connectivity index (χ1v) is 10.5. The molecule has 1 unspecified atom stereocenters. The van der Waals surface area contributed by atoms with Gasteiger partial charge in [-0.15, -0.1) is 0 Å². The standard InChI is InChI=1S/C22H32N4O3/c1-21(2,3)17-14-22(10-13-26(17)20(28)29)8-11-25(12-9-22)16-7-5-6-15-18(16)24(4)19(27)23-15/h5-7,17H,8-14H2,1-4H3,(H,23,27)(H,28,29). The lowest BCUT2D eigenvalue weighted by Gasteiger charge is -2.53. The van der Waals surface area contributed by atoms with E-state index in [0.29, 0.717) is 6.54 Å². The minimum absolute atomic E-state index is 0.0502.